The maximum Gasteiger partial charge on any atom is 0.435 e. The van der Waals surface area contributed by atoms with Crippen LogP contribution >= 0.6 is 0 Å². The third kappa shape index (κ3) is 1.23. The minimum Gasteiger partial charge on any atom is -0.448 e. The van der Waals surface area contributed by atoms with Gasteiger partial charge in [0.2, 0.25) is 0 Å². The lowest BCUT2D eigenvalue weighted by Crippen LogP contribution is -2.29. The maximum absolute atomic E-state index is 11.8. The Hall–Kier alpha value is -1.60. The van der Waals surface area contributed by atoms with Gasteiger partial charge in [-0.15, -0.1) is 5.10 Å². The summed E-state index contributed by atoms with van der Waals surface area (Å²) < 4.78 is 6.12. The smallest absolute Gasteiger partial charge is 0.435 e. The number of nitrogens with zero attached hydrogens (tertiary/aromatic N) is 3. The molecule has 17 heavy (non-hydrogen) atoms. The van der Waals surface area contributed by atoms with E-state index in [0.29, 0.717) is 12.2 Å². The van der Waals surface area contributed by atoms with E-state index in [2.05, 4.69) is 5.10 Å². The summed E-state index contributed by atoms with van der Waals surface area (Å²) >= 11 is 0. The zero-order chi connectivity index (χ0) is 12.2. The van der Waals surface area contributed by atoms with Gasteiger partial charge in [-0.2, -0.15) is 9.75 Å². The molecule has 1 aromatic rings. The van der Waals surface area contributed by atoms with E-state index in [0.717, 1.165) is 18.4 Å². The van der Waals surface area contributed by atoms with Crippen LogP contribution in [0.4, 0.5) is 10.6 Å². The molecule has 0 atom stereocenters. The number of carbonyl (C=O) groups is 1. The molecule has 3 rings (SSSR count). The number of rotatable bonds is 1. The van der Waals surface area contributed by atoms with E-state index < -0.39 is 11.6 Å². The fraction of sp³-hybridized carbons (Fsp3) is 0.600. The summed E-state index contributed by atoms with van der Waals surface area (Å²) in [5.41, 5.74) is 6.72. The van der Waals surface area contributed by atoms with Gasteiger partial charge in [-0.05, 0) is 19.8 Å². The highest BCUT2D eigenvalue weighted by Gasteiger charge is 2.58. The second-order valence-corrected chi connectivity index (χ2v) is 4.41. The number of hydrogen-bond donors (Lipinski definition) is 2. The Balaban J connectivity index is 2.09. The van der Waals surface area contributed by atoms with E-state index in [1.807, 2.05) is 0 Å². The lowest BCUT2D eigenvalue weighted by Gasteiger charge is -2.17. The molecule has 1 aromatic heterocycles. The third-order valence-corrected chi connectivity index (χ3v) is 3.42. The van der Waals surface area contributed by atoms with Crippen molar-refractivity contribution in [2.75, 3.05) is 12.3 Å². The first-order chi connectivity index (χ1) is 8.10. The Labute approximate surface area is 97.7 Å². The van der Waals surface area contributed by atoms with Gasteiger partial charge in [0.1, 0.15) is 0 Å². The molecule has 2 heterocycles. The average Bonchev–Trinajstić information content (AvgIpc) is 2.95. The molecule has 1 fully saturated rings. The van der Waals surface area contributed by atoms with Gasteiger partial charge in [-0.3, -0.25) is 0 Å². The van der Waals surface area contributed by atoms with Gasteiger partial charge >= 0.3 is 6.09 Å². The fourth-order valence-electron chi connectivity index (χ4n) is 2.45. The minimum atomic E-state index is -0.540. The first-order valence-corrected chi connectivity index (χ1v) is 5.61. The molecule has 0 unspecified atom stereocenters. The van der Waals surface area contributed by atoms with Crippen LogP contribution in [0.15, 0.2) is 0 Å². The first kappa shape index (κ1) is 10.5. The van der Waals surface area contributed by atoms with E-state index in [4.69, 9.17) is 10.5 Å². The molecular weight excluding hydrogens is 224 g/mol. The summed E-state index contributed by atoms with van der Waals surface area (Å²) in [6.45, 7) is 2.33. The van der Waals surface area contributed by atoms with Gasteiger partial charge in [0, 0.05) is 5.56 Å². The first-order valence-electron chi connectivity index (χ1n) is 5.61. The zero-order valence-corrected chi connectivity index (χ0v) is 9.51. The van der Waals surface area contributed by atoms with Gasteiger partial charge in [0.25, 0.3) is 0 Å². The number of ether oxygens (including phenoxy) is 1. The van der Waals surface area contributed by atoms with Crippen LogP contribution < -0.4 is 5.73 Å². The Morgan fingerprint density at radius 2 is 2.35 bits per heavy atom. The van der Waals surface area contributed by atoms with Crippen molar-refractivity contribution < 1.29 is 14.7 Å². The maximum atomic E-state index is 11.8. The molecule has 2 aliphatic rings. The SMILES string of the molecule is CCOC(=O)n1nc(N)c2c1C1(CC1)N(O)C2. The summed E-state index contributed by atoms with van der Waals surface area (Å²) in [6, 6.07) is 0. The van der Waals surface area contributed by atoms with E-state index in [1.165, 1.54) is 9.75 Å². The van der Waals surface area contributed by atoms with Crippen LogP contribution in [0, 0.1) is 0 Å². The molecule has 1 saturated carbocycles. The van der Waals surface area contributed by atoms with E-state index in [1.54, 1.807) is 6.92 Å². The predicted molar refractivity (Wildman–Crippen MR) is 57.3 cm³/mol. The van der Waals surface area contributed by atoms with Crippen molar-refractivity contribution in [3.8, 4) is 0 Å². The van der Waals surface area contributed by atoms with Gasteiger partial charge < -0.3 is 15.7 Å². The van der Waals surface area contributed by atoms with Crippen molar-refractivity contribution in [1.29, 1.82) is 0 Å². The normalized spacial score (nSPS) is 20.6. The van der Waals surface area contributed by atoms with Crippen LogP contribution in [0.1, 0.15) is 31.0 Å². The Kier molecular flexibility index (Phi) is 1.99. The average molecular weight is 238 g/mol. The topological polar surface area (TPSA) is 93.6 Å². The van der Waals surface area contributed by atoms with Crippen molar-refractivity contribution in [2.24, 2.45) is 0 Å². The number of carbonyl (C=O) groups excluding carboxylic acids is 1. The highest BCUT2D eigenvalue weighted by molar-refractivity contribution is 5.73. The van der Waals surface area contributed by atoms with Crippen LogP contribution in [-0.2, 0) is 16.8 Å². The second kappa shape index (κ2) is 3.21. The summed E-state index contributed by atoms with van der Waals surface area (Å²) in [5.74, 6) is 0.288. The van der Waals surface area contributed by atoms with E-state index in [9.17, 15) is 10.0 Å². The highest BCUT2D eigenvalue weighted by atomic mass is 16.6. The summed E-state index contributed by atoms with van der Waals surface area (Å²) in [7, 11) is 0. The van der Waals surface area contributed by atoms with Gasteiger partial charge in [0.15, 0.2) is 5.82 Å². The number of fused-ring (bicyclic) bond motifs is 2. The lowest BCUT2D eigenvalue weighted by atomic mass is 10.1. The van der Waals surface area contributed by atoms with Crippen LogP contribution in [0.25, 0.3) is 0 Å². The van der Waals surface area contributed by atoms with Crippen LogP contribution in [0.3, 0.4) is 0 Å². The number of aromatic nitrogens is 2. The Morgan fingerprint density at radius 3 is 2.94 bits per heavy atom. The molecule has 0 radical (unpaired) electrons. The van der Waals surface area contributed by atoms with Crippen molar-refractivity contribution >= 4 is 11.9 Å². The van der Waals surface area contributed by atoms with Crippen LogP contribution in [0.2, 0.25) is 0 Å². The van der Waals surface area contributed by atoms with Crippen LogP contribution in [0.5, 0.6) is 0 Å². The van der Waals surface area contributed by atoms with Crippen molar-refractivity contribution in [2.45, 2.75) is 31.8 Å². The summed E-state index contributed by atoms with van der Waals surface area (Å²) in [4.78, 5) is 11.8. The van der Waals surface area contributed by atoms with Crippen molar-refractivity contribution in [3.63, 3.8) is 0 Å². The molecule has 0 bridgehead atoms. The van der Waals surface area contributed by atoms with Gasteiger partial charge in [-0.25, -0.2) is 4.79 Å². The molecule has 1 aliphatic carbocycles. The van der Waals surface area contributed by atoms with Crippen molar-refractivity contribution in [1.82, 2.24) is 14.8 Å². The largest absolute Gasteiger partial charge is 0.448 e. The summed E-state index contributed by atoms with van der Waals surface area (Å²) in [5, 5.41) is 15.1. The minimum absolute atomic E-state index is 0.281. The zero-order valence-electron chi connectivity index (χ0n) is 9.51. The number of nitrogen functional groups attached to an aromatic ring is 1. The molecular formula is C10H14N4O3. The molecule has 7 nitrogen and oxygen atoms in total. The van der Waals surface area contributed by atoms with Crippen molar-refractivity contribution in [3.05, 3.63) is 11.3 Å². The van der Waals surface area contributed by atoms with Crippen LogP contribution in [-0.4, -0.2) is 32.8 Å². The molecule has 0 aromatic carbocycles. The predicted octanol–water partition coefficient (Wildman–Crippen LogP) is 0.664. The molecule has 0 amide bonds. The fourth-order valence-corrected chi connectivity index (χ4v) is 2.45. The quantitative estimate of drug-likeness (QED) is 0.746. The molecule has 1 aliphatic heterocycles. The molecule has 92 valence electrons. The molecule has 7 heteroatoms. The number of hydroxylamine groups is 2. The third-order valence-electron chi connectivity index (χ3n) is 3.42. The molecule has 0 saturated heterocycles. The van der Waals surface area contributed by atoms with E-state index in [-0.39, 0.29) is 12.4 Å². The van der Waals surface area contributed by atoms with Gasteiger partial charge in [-0.1, -0.05) is 0 Å². The Morgan fingerprint density at radius 1 is 1.65 bits per heavy atom. The standard InChI is InChI=1S/C10H14N4O3/c1-2-17-9(15)14-7-6(8(11)12-14)5-13(16)10(7)3-4-10/h16H,2-5H2,1H3,(H2,11,12). The number of hydrogen-bond acceptors (Lipinski definition) is 6. The van der Waals surface area contributed by atoms with Gasteiger partial charge in [0.05, 0.1) is 24.4 Å². The lowest BCUT2D eigenvalue weighted by molar-refractivity contribution is -0.139. The monoisotopic (exact) mass is 238 g/mol. The summed E-state index contributed by atoms with van der Waals surface area (Å²) in [6.07, 6.45) is 1.07. The second-order valence-electron chi connectivity index (χ2n) is 4.41. The molecule has 3 N–H and O–H groups in total. The number of nitrogens with two attached hydrogens (primary N) is 1. The molecule has 1 spiro atoms. The Bertz CT molecular complexity index is 492. The van der Waals surface area contributed by atoms with E-state index >= 15 is 0 Å². The highest BCUT2D eigenvalue weighted by Crippen LogP contribution is 2.56. The number of anilines is 1.